The maximum atomic E-state index is 11.8. The third-order valence-corrected chi connectivity index (χ3v) is 4.48. The zero-order chi connectivity index (χ0) is 12.3. The molecule has 5 heteroatoms. The van der Waals surface area contributed by atoms with E-state index in [2.05, 4.69) is 5.32 Å². The highest BCUT2D eigenvalue weighted by Gasteiger charge is 2.27. The van der Waals surface area contributed by atoms with Gasteiger partial charge in [0.25, 0.3) is 5.91 Å². The predicted octanol–water partition coefficient (Wildman–Crippen LogP) is 2.79. The molecule has 0 bridgehead atoms. The summed E-state index contributed by atoms with van der Waals surface area (Å²) in [6, 6.07) is 3.48. The minimum atomic E-state index is -0.213. The predicted molar refractivity (Wildman–Crippen MR) is 71.7 cm³/mol. The van der Waals surface area contributed by atoms with Gasteiger partial charge in [0.1, 0.15) is 0 Å². The van der Waals surface area contributed by atoms with Crippen molar-refractivity contribution in [2.75, 3.05) is 6.54 Å². The van der Waals surface area contributed by atoms with Crippen molar-refractivity contribution in [1.29, 1.82) is 0 Å². The van der Waals surface area contributed by atoms with Crippen LogP contribution in [0, 0.1) is 0 Å². The van der Waals surface area contributed by atoms with Gasteiger partial charge in [0, 0.05) is 12.1 Å². The number of hydrogen-bond acceptors (Lipinski definition) is 3. The molecule has 2 rings (SSSR count). The lowest BCUT2D eigenvalue weighted by molar-refractivity contribution is 0.0942. The molecule has 3 nitrogen and oxygen atoms in total. The SMILES string of the molecule is NC1(CNC(=O)c2ccc(Cl)s2)CCCCC1. The van der Waals surface area contributed by atoms with Crippen LogP contribution in [0.4, 0.5) is 0 Å². The van der Waals surface area contributed by atoms with Crippen LogP contribution in [0.15, 0.2) is 12.1 Å². The number of nitrogens with one attached hydrogen (secondary N) is 1. The van der Waals surface area contributed by atoms with Gasteiger partial charge in [0.15, 0.2) is 0 Å². The number of hydrogen-bond donors (Lipinski definition) is 2. The highest BCUT2D eigenvalue weighted by atomic mass is 35.5. The van der Waals surface area contributed by atoms with Crippen LogP contribution in [0.5, 0.6) is 0 Å². The molecule has 0 aromatic carbocycles. The van der Waals surface area contributed by atoms with Crippen molar-refractivity contribution >= 4 is 28.8 Å². The molecule has 1 aromatic heterocycles. The minimum absolute atomic E-state index is 0.0719. The zero-order valence-electron chi connectivity index (χ0n) is 9.67. The summed E-state index contributed by atoms with van der Waals surface area (Å²) in [7, 11) is 0. The lowest BCUT2D eigenvalue weighted by Crippen LogP contribution is -2.51. The first-order chi connectivity index (χ1) is 8.09. The summed E-state index contributed by atoms with van der Waals surface area (Å²) in [6.07, 6.45) is 5.58. The number of carbonyl (C=O) groups excluding carboxylic acids is 1. The summed E-state index contributed by atoms with van der Waals surface area (Å²) in [5.74, 6) is -0.0719. The lowest BCUT2D eigenvalue weighted by Gasteiger charge is -2.33. The third kappa shape index (κ3) is 3.44. The largest absolute Gasteiger partial charge is 0.349 e. The summed E-state index contributed by atoms with van der Waals surface area (Å²) in [5.41, 5.74) is 6.04. The Bertz CT molecular complexity index is 399. The Balaban J connectivity index is 1.87. The Morgan fingerprint density at radius 1 is 1.41 bits per heavy atom. The zero-order valence-corrected chi connectivity index (χ0v) is 11.2. The molecule has 94 valence electrons. The third-order valence-electron chi connectivity index (χ3n) is 3.25. The van der Waals surface area contributed by atoms with Crippen molar-refractivity contribution in [3.63, 3.8) is 0 Å². The van der Waals surface area contributed by atoms with Crippen LogP contribution in [0.1, 0.15) is 41.8 Å². The van der Waals surface area contributed by atoms with Crippen molar-refractivity contribution in [3.8, 4) is 0 Å². The quantitative estimate of drug-likeness (QED) is 0.889. The fraction of sp³-hybridized carbons (Fsp3) is 0.583. The van der Waals surface area contributed by atoms with E-state index in [-0.39, 0.29) is 11.4 Å². The highest BCUT2D eigenvalue weighted by Crippen LogP contribution is 2.25. The topological polar surface area (TPSA) is 55.1 Å². The molecule has 1 aliphatic rings. The van der Waals surface area contributed by atoms with Crippen LogP contribution in [0.2, 0.25) is 4.34 Å². The van der Waals surface area contributed by atoms with Crippen LogP contribution < -0.4 is 11.1 Å². The van der Waals surface area contributed by atoms with Gasteiger partial charge in [0.2, 0.25) is 0 Å². The first-order valence-electron chi connectivity index (χ1n) is 5.91. The molecular formula is C12H17ClN2OS. The second kappa shape index (κ2) is 5.38. The fourth-order valence-corrected chi connectivity index (χ4v) is 3.17. The van der Waals surface area contributed by atoms with Gasteiger partial charge in [-0.2, -0.15) is 0 Å². The van der Waals surface area contributed by atoms with Gasteiger partial charge in [-0.1, -0.05) is 30.9 Å². The van der Waals surface area contributed by atoms with Gasteiger partial charge in [-0.3, -0.25) is 4.79 Å². The summed E-state index contributed by atoms with van der Waals surface area (Å²) in [6.45, 7) is 0.557. The molecule has 0 spiro atoms. The van der Waals surface area contributed by atoms with E-state index in [1.54, 1.807) is 12.1 Å². The molecule has 0 unspecified atom stereocenters. The molecule has 1 aliphatic carbocycles. The first-order valence-corrected chi connectivity index (χ1v) is 7.11. The normalized spacial score (nSPS) is 18.9. The molecule has 0 saturated heterocycles. The summed E-state index contributed by atoms with van der Waals surface area (Å²) in [5, 5.41) is 2.91. The smallest absolute Gasteiger partial charge is 0.261 e. The van der Waals surface area contributed by atoms with Crippen molar-refractivity contribution in [3.05, 3.63) is 21.3 Å². The van der Waals surface area contributed by atoms with E-state index < -0.39 is 0 Å². The van der Waals surface area contributed by atoms with E-state index in [1.807, 2.05) is 0 Å². The van der Waals surface area contributed by atoms with Gasteiger partial charge in [-0.15, -0.1) is 11.3 Å². The Labute approximate surface area is 110 Å². The Kier molecular flexibility index (Phi) is 4.07. The summed E-state index contributed by atoms with van der Waals surface area (Å²) in [4.78, 5) is 12.5. The van der Waals surface area contributed by atoms with Crippen LogP contribution in [-0.4, -0.2) is 18.0 Å². The molecule has 1 fully saturated rings. The molecule has 1 amide bonds. The van der Waals surface area contributed by atoms with Crippen molar-refractivity contribution < 1.29 is 4.79 Å². The molecular weight excluding hydrogens is 256 g/mol. The molecule has 0 atom stereocenters. The average Bonchev–Trinajstić information content (AvgIpc) is 2.74. The van der Waals surface area contributed by atoms with Gasteiger partial charge < -0.3 is 11.1 Å². The summed E-state index contributed by atoms with van der Waals surface area (Å²) >= 11 is 7.09. The minimum Gasteiger partial charge on any atom is -0.349 e. The molecule has 17 heavy (non-hydrogen) atoms. The van der Waals surface area contributed by atoms with E-state index in [9.17, 15) is 4.79 Å². The number of amides is 1. The van der Waals surface area contributed by atoms with E-state index in [0.717, 1.165) is 25.7 Å². The van der Waals surface area contributed by atoms with E-state index >= 15 is 0 Å². The fourth-order valence-electron chi connectivity index (χ4n) is 2.21. The second-order valence-corrected chi connectivity index (χ2v) is 6.42. The highest BCUT2D eigenvalue weighted by molar-refractivity contribution is 7.17. The summed E-state index contributed by atoms with van der Waals surface area (Å²) < 4.78 is 0.635. The maximum absolute atomic E-state index is 11.8. The van der Waals surface area contributed by atoms with Crippen molar-refractivity contribution in [2.24, 2.45) is 5.73 Å². The van der Waals surface area contributed by atoms with Gasteiger partial charge in [-0.25, -0.2) is 0 Å². The van der Waals surface area contributed by atoms with E-state index in [4.69, 9.17) is 17.3 Å². The molecule has 1 aromatic rings. The molecule has 1 saturated carbocycles. The number of carbonyl (C=O) groups is 1. The Hall–Kier alpha value is -0.580. The Morgan fingerprint density at radius 2 is 2.12 bits per heavy atom. The number of thiophene rings is 1. The van der Waals surface area contributed by atoms with Crippen molar-refractivity contribution in [1.82, 2.24) is 5.32 Å². The number of nitrogens with two attached hydrogens (primary N) is 1. The van der Waals surface area contributed by atoms with E-state index in [1.165, 1.54) is 17.8 Å². The van der Waals surface area contributed by atoms with Crippen molar-refractivity contribution in [2.45, 2.75) is 37.6 Å². The lowest BCUT2D eigenvalue weighted by atomic mass is 9.82. The number of halogens is 1. The molecule has 0 radical (unpaired) electrons. The van der Waals surface area contributed by atoms with Crippen LogP contribution in [0.25, 0.3) is 0 Å². The standard InChI is InChI=1S/C12H17ClN2OS/c13-10-5-4-9(17-10)11(16)15-8-12(14)6-2-1-3-7-12/h4-5H,1-3,6-8,14H2,(H,15,16). The second-order valence-electron chi connectivity index (χ2n) is 4.71. The van der Waals surface area contributed by atoms with E-state index in [0.29, 0.717) is 15.8 Å². The van der Waals surface area contributed by atoms with Gasteiger partial charge in [-0.05, 0) is 25.0 Å². The van der Waals surface area contributed by atoms with Crippen LogP contribution >= 0.6 is 22.9 Å². The maximum Gasteiger partial charge on any atom is 0.261 e. The van der Waals surface area contributed by atoms with Crippen LogP contribution in [-0.2, 0) is 0 Å². The van der Waals surface area contributed by atoms with Gasteiger partial charge in [0.05, 0.1) is 9.21 Å². The number of rotatable bonds is 3. The molecule has 1 heterocycles. The van der Waals surface area contributed by atoms with Crippen LogP contribution in [0.3, 0.4) is 0 Å². The molecule has 3 N–H and O–H groups in total. The Morgan fingerprint density at radius 3 is 2.71 bits per heavy atom. The monoisotopic (exact) mass is 272 g/mol. The first kappa shape index (κ1) is 12.9. The molecule has 0 aliphatic heterocycles. The average molecular weight is 273 g/mol. The van der Waals surface area contributed by atoms with Gasteiger partial charge >= 0.3 is 0 Å².